The van der Waals surface area contributed by atoms with E-state index in [1.807, 2.05) is 33.7 Å². The molecule has 2 heterocycles. The molecule has 0 unspecified atom stereocenters. The molecule has 186 valence electrons. The van der Waals surface area contributed by atoms with Crippen LogP contribution in [0.25, 0.3) is 0 Å². The average molecular weight is 468 g/mol. The lowest BCUT2D eigenvalue weighted by Crippen LogP contribution is -2.24. The van der Waals surface area contributed by atoms with Crippen molar-refractivity contribution in [1.29, 1.82) is 5.41 Å². The van der Waals surface area contributed by atoms with Crippen LogP contribution in [0.15, 0.2) is 46.6 Å². The van der Waals surface area contributed by atoms with Crippen molar-refractivity contribution in [1.82, 2.24) is 9.13 Å². The van der Waals surface area contributed by atoms with Crippen LogP contribution >= 0.6 is 0 Å². The maximum Gasteiger partial charge on any atom is 0.202 e. The molecule has 0 saturated carbocycles. The highest BCUT2D eigenvalue weighted by molar-refractivity contribution is 6.00. The van der Waals surface area contributed by atoms with E-state index in [0.29, 0.717) is 18.8 Å². The lowest BCUT2D eigenvalue weighted by Gasteiger charge is -2.12. The Bertz CT molecular complexity index is 968. The molecule has 3 rings (SSSR count). The maximum atomic E-state index is 8.40. The van der Waals surface area contributed by atoms with Crippen molar-refractivity contribution in [3.05, 3.63) is 47.8 Å². The second-order valence-corrected chi connectivity index (χ2v) is 8.95. The van der Waals surface area contributed by atoms with Gasteiger partial charge in [0.15, 0.2) is 5.96 Å². The molecule has 0 spiro atoms. The van der Waals surface area contributed by atoms with E-state index < -0.39 is 0 Å². The zero-order valence-electron chi connectivity index (χ0n) is 20.4. The predicted molar refractivity (Wildman–Crippen MR) is 138 cm³/mol. The van der Waals surface area contributed by atoms with Crippen LogP contribution in [0.4, 0.5) is 0 Å². The van der Waals surface area contributed by atoms with Crippen molar-refractivity contribution in [3.8, 4) is 5.75 Å². The van der Waals surface area contributed by atoms with Crippen LogP contribution in [0.1, 0.15) is 69.8 Å². The molecule has 2 aromatic rings. The van der Waals surface area contributed by atoms with Gasteiger partial charge in [-0.2, -0.15) is 0 Å². The van der Waals surface area contributed by atoms with Gasteiger partial charge in [-0.15, -0.1) is 0 Å². The summed E-state index contributed by atoms with van der Waals surface area (Å²) in [6, 6.07) is 8.34. The molecule has 1 aliphatic rings. The first-order chi connectivity index (χ1) is 16.6. The lowest BCUT2D eigenvalue weighted by molar-refractivity contribution is 0.302. The number of nitrogens with one attached hydrogen (secondary N) is 1. The standard InChI is InChI=1S/C26H41N7O/c27-25(28)31-16-5-2-1-3-7-17-32-19-20-33(26(32)29)18-8-9-21-34-23-13-11-22(12-14-23)24-10-4-6-15-30-24/h11-14,19-20,29H,1-10,15-18,21H2,(H4,27,28,31). The minimum atomic E-state index is 0.173. The number of hydrogen-bond donors (Lipinski definition) is 3. The SMILES string of the molecule is N=c1n(CCCCCCCN=C(N)N)ccn1CCCCOc1ccc(C2=NCCCC2)cc1. The Kier molecular flexibility index (Phi) is 10.7. The second-order valence-electron chi connectivity index (χ2n) is 8.95. The van der Waals surface area contributed by atoms with Crippen molar-refractivity contribution in [2.45, 2.75) is 77.3 Å². The van der Waals surface area contributed by atoms with E-state index in [2.05, 4.69) is 22.1 Å². The van der Waals surface area contributed by atoms with E-state index in [1.165, 1.54) is 30.5 Å². The fraction of sp³-hybridized carbons (Fsp3) is 0.577. The van der Waals surface area contributed by atoms with Gasteiger partial charge >= 0.3 is 0 Å². The minimum absolute atomic E-state index is 0.173. The van der Waals surface area contributed by atoms with Crippen LogP contribution in [0.3, 0.4) is 0 Å². The third kappa shape index (κ3) is 8.72. The Morgan fingerprint density at radius 3 is 2.26 bits per heavy atom. The molecule has 0 amide bonds. The highest BCUT2D eigenvalue weighted by Gasteiger charge is 2.08. The van der Waals surface area contributed by atoms with E-state index in [4.69, 9.17) is 21.6 Å². The highest BCUT2D eigenvalue weighted by Crippen LogP contribution is 2.17. The van der Waals surface area contributed by atoms with E-state index in [9.17, 15) is 0 Å². The van der Waals surface area contributed by atoms with Gasteiger partial charge < -0.3 is 25.3 Å². The summed E-state index contributed by atoms with van der Waals surface area (Å²) < 4.78 is 9.97. The largest absolute Gasteiger partial charge is 0.494 e. The number of nitrogens with zero attached hydrogens (tertiary/aromatic N) is 4. The number of benzene rings is 1. The number of nitrogens with two attached hydrogens (primary N) is 2. The first-order valence-corrected chi connectivity index (χ1v) is 12.8. The topological polar surface area (TPSA) is 120 Å². The van der Waals surface area contributed by atoms with Crippen LogP contribution in [0.5, 0.6) is 5.75 Å². The molecule has 0 aliphatic carbocycles. The molecule has 0 bridgehead atoms. The summed E-state index contributed by atoms with van der Waals surface area (Å²) in [7, 11) is 0. The zero-order valence-corrected chi connectivity index (χ0v) is 20.4. The number of imidazole rings is 1. The molecule has 5 N–H and O–H groups in total. The summed E-state index contributed by atoms with van der Waals surface area (Å²) in [5, 5.41) is 8.40. The van der Waals surface area contributed by atoms with Gasteiger partial charge in [0, 0.05) is 44.3 Å². The fourth-order valence-corrected chi connectivity index (χ4v) is 4.21. The molecule has 0 radical (unpaired) electrons. The molecular weight excluding hydrogens is 426 g/mol. The van der Waals surface area contributed by atoms with Gasteiger partial charge in [-0.05, 0) is 74.8 Å². The summed E-state index contributed by atoms with van der Waals surface area (Å²) in [5.74, 6) is 1.09. The number of ether oxygens (including phenoxy) is 1. The van der Waals surface area contributed by atoms with Gasteiger partial charge in [-0.3, -0.25) is 15.4 Å². The molecule has 0 saturated heterocycles. The van der Waals surface area contributed by atoms with Crippen LogP contribution in [0.2, 0.25) is 0 Å². The molecule has 8 nitrogen and oxygen atoms in total. The van der Waals surface area contributed by atoms with E-state index in [1.54, 1.807) is 0 Å². The maximum absolute atomic E-state index is 8.40. The molecule has 34 heavy (non-hydrogen) atoms. The molecule has 1 aromatic carbocycles. The third-order valence-electron chi connectivity index (χ3n) is 6.20. The van der Waals surface area contributed by atoms with Crippen molar-refractivity contribution < 1.29 is 4.74 Å². The third-order valence-corrected chi connectivity index (χ3v) is 6.20. The van der Waals surface area contributed by atoms with Crippen LogP contribution in [-0.4, -0.2) is 40.5 Å². The number of unbranched alkanes of at least 4 members (excludes halogenated alkanes) is 5. The molecule has 1 aliphatic heterocycles. The first-order valence-electron chi connectivity index (χ1n) is 12.8. The smallest absolute Gasteiger partial charge is 0.202 e. The molecule has 0 fully saturated rings. The summed E-state index contributed by atoms with van der Waals surface area (Å²) in [6.07, 6.45) is 15.1. The fourth-order valence-electron chi connectivity index (χ4n) is 4.21. The van der Waals surface area contributed by atoms with Gasteiger partial charge in [-0.1, -0.05) is 19.3 Å². The normalized spacial score (nSPS) is 13.5. The van der Waals surface area contributed by atoms with Gasteiger partial charge in [-0.25, -0.2) is 0 Å². The van der Waals surface area contributed by atoms with Crippen molar-refractivity contribution in [3.63, 3.8) is 0 Å². The number of rotatable bonds is 15. The van der Waals surface area contributed by atoms with Crippen LogP contribution < -0.4 is 21.8 Å². The number of aryl methyl sites for hydroxylation is 2. The highest BCUT2D eigenvalue weighted by atomic mass is 16.5. The van der Waals surface area contributed by atoms with Crippen LogP contribution in [-0.2, 0) is 13.1 Å². The second kappa shape index (κ2) is 14.3. The molecular formula is C26H41N7O. The predicted octanol–water partition coefficient (Wildman–Crippen LogP) is 3.83. The summed E-state index contributed by atoms with van der Waals surface area (Å²) in [4.78, 5) is 8.64. The van der Waals surface area contributed by atoms with Gasteiger partial charge in [0.25, 0.3) is 0 Å². The Hall–Kier alpha value is -3.03. The van der Waals surface area contributed by atoms with Crippen molar-refractivity contribution in [2.24, 2.45) is 21.5 Å². The summed E-state index contributed by atoms with van der Waals surface area (Å²) in [6.45, 7) is 4.10. The van der Waals surface area contributed by atoms with Crippen molar-refractivity contribution >= 4 is 11.7 Å². The van der Waals surface area contributed by atoms with Crippen LogP contribution in [0, 0.1) is 5.41 Å². The quantitative estimate of drug-likeness (QED) is 0.210. The Morgan fingerprint density at radius 2 is 1.59 bits per heavy atom. The lowest BCUT2D eigenvalue weighted by atomic mass is 10.0. The molecule has 1 aromatic heterocycles. The van der Waals surface area contributed by atoms with Gasteiger partial charge in [0.05, 0.1) is 6.61 Å². The van der Waals surface area contributed by atoms with Gasteiger partial charge in [0.1, 0.15) is 5.75 Å². The summed E-state index contributed by atoms with van der Waals surface area (Å²) in [5.41, 5.74) is 13.7. The van der Waals surface area contributed by atoms with E-state index in [0.717, 1.165) is 70.3 Å². The molecule has 8 heteroatoms. The zero-order chi connectivity index (χ0) is 24.0. The number of guanidine groups is 1. The minimum Gasteiger partial charge on any atom is -0.494 e. The van der Waals surface area contributed by atoms with Crippen molar-refractivity contribution in [2.75, 3.05) is 19.7 Å². The number of aliphatic imine (C=N–C) groups is 2. The Balaban J connectivity index is 1.27. The summed E-state index contributed by atoms with van der Waals surface area (Å²) >= 11 is 0. The number of hydrogen-bond acceptors (Lipinski definition) is 4. The van der Waals surface area contributed by atoms with E-state index >= 15 is 0 Å². The average Bonchev–Trinajstić information content (AvgIpc) is 3.20. The Morgan fingerprint density at radius 1 is 0.912 bits per heavy atom. The van der Waals surface area contributed by atoms with E-state index in [-0.39, 0.29) is 5.96 Å². The number of aromatic nitrogens is 2. The monoisotopic (exact) mass is 467 g/mol. The van der Waals surface area contributed by atoms with Gasteiger partial charge in [0.2, 0.25) is 5.62 Å². The Labute approximate surface area is 203 Å². The first kappa shape index (κ1) is 25.6. The molecule has 0 atom stereocenters.